The number of imidazole rings is 1. The van der Waals surface area contributed by atoms with Crippen LogP contribution in [-0.2, 0) is 28.9 Å². The van der Waals surface area contributed by atoms with Crippen LogP contribution >= 0.6 is 23.8 Å². The molecule has 0 saturated heterocycles. The zero-order valence-corrected chi connectivity index (χ0v) is 23.5. The van der Waals surface area contributed by atoms with Crippen molar-refractivity contribution in [1.29, 1.82) is 0 Å². The summed E-state index contributed by atoms with van der Waals surface area (Å²) in [4.78, 5) is 41.2. The molecule has 4 rings (SSSR count). The van der Waals surface area contributed by atoms with Crippen molar-refractivity contribution in [3.05, 3.63) is 53.3 Å². The van der Waals surface area contributed by atoms with Crippen molar-refractivity contribution in [2.75, 3.05) is 11.1 Å². The zero-order chi connectivity index (χ0) is 28.3. The van der Waals surface area contributed by atoms with E-state index in [1.54, 1.807) is 6.07 Å². The molecule has 0 bridgehead atoms. The number of aryl methyl sites for hydroxylation is 1. The summed E-state index contributed by atoms with van der Waals surface area (Å²) in [5.41, 5.74) is 9.21. The molecule has 0 unspecified atom stereocenters. The maximum absolute atomic E-state index is 12.2. The highest BCUT2D eigenvalue weighted by Crippen LogP contribution is 2.39. The van der Waals surface area contributed by atoms with Crippen LogP contribution in [0.4, 0.5) is 5.82 Å². The number of rotatable bonds is 10. The number of pyridine rings is 1. The molecule has 0 radical (unpaired) electrons. The first-order valence-electron chi connectivity index (χ1n) is 12.0. The Morgan fingerprint density at radius 3 is 2.69 bits per heavy atom. The number of halogens is 1. The summed E-state index contributed by atoms with van der Waals surface area (Å²) in [5.74, 6) is 0.525. The fraction of sp³-hybridized carbons (Fsp3) is 0.269. The second kappa shape index (κ2) is 11.6. The number of benzene rings is 2. The Kier molecular flexibility index (Phi) is 8.47. The fourth-order valence-electron chi connectivity index (χ4n) is 4.31. The number of anilines is 1. The summed E-state index contributed by atoms with van der Waals surface area (Å²) in [6.45, 7) is 2.36. The van der Waals surface area contributed by atoms with E-state index in [1.807, 2.05) is 16.7 Å². The predicted molar refractivity (Wildman–Crippen MR) is 151 cm³/mol. The number of phenols is 1. The number of phenolic OH excluding ortho intramolecular Hbond substituents is 1. The summed E-state index contributed by atoms with van der Waals surface area (Å²) in [7, 11) is -4.80. The SMILES string of the molecule is C#CN(Cc1ccc2nc(N)c3nc(CCCC)n(Cc4cc(OP(=O)(O)O)ccc4O)c3c2c1)C(=O)CBr. The molecule has 2 aromatic heterocycles. The molecule has 13 heteroatoms. The molecule has 0 fully saturated rings. The largest absolute Gasteiger partial charge is 0.524 e. The van der Waals surface area contributed by atoms with Crippen molar-refractivity contribution in [2.24, 2.45) is 0 Å². The number of alkyl halides is 1. The molecule has 204 valence electrons. The second-order valence-electron chi connectivity index (χ2n) is 8.88. The van der Waals surface area contributed by atoms with Gasteiger partial charge in [-0.2, -0.15) is 0 Å². The normalized spacial score (nSPS) is 11.6. The van der Waals surface area contributed by atoms with E-state index in [4.69, 9.17) is 21.7 Å². The van der Waals surface area contributed by atoms with Gasteiger partial charge in [-0.05, 0) is 42.3 Å². The third-order valence-corrected chi connectivity index (χ3v) is 7.04. The highest BCUT2D eigenvalue weighted by atomic mass is 79.9. The molecule has 0 aliphatic heterocycles. The van der Waals surface area contributed by atoms with E-state index < -0.39 is 7.82 Å². The van der Waals surface area contributed by atoms with Crippen LogP contribution in [0.3, 0.4) is 0 Å². The van der Waals surface area contributed by atoms with Gasteiger partial charge in [-0.25, -0.2) is 14.5 Å². The van der Waals surface area contributed by atoms with Gasteiger partial charge in [-0.3, -0.25) is 19.5 Å². The van der Waals surface area contributed by atoms with Crippen molar-refractivity contribution in [3.63, 3.8) is 0 Å². The van der Waals surface area contributed by atoms with Gasteiger partial charge in [0.15, 0.2) is 5.82 Å². The topological polar surface area (TPSA) is 164 Å². The molecule has 39 heavy (non-hydrogen) atoms. The lowest BCUT2D eigenvalue weighted by Gasteiger charge is -2.16. The van der Waals surface area contributed by atoms with Gasteiger partial charge in [0, 0.05) is 23.4 Å². The minimum atomic E-state index is -4.80. The van der Waals surface area contributed by atoms with Crippen LogP contribution < -0.4 is 10.3 Å². The van der Waals surface area contributed by atoms with Crippen molar-refractivity contribution >= 4 is 57.4 Å². The summed E-state index contributed by atoms with van der Waals surface area (Å²) >= 11 is 3.15. The standard InChI is InChI=1S/C26H27BrN5O6P/c1-3-5-6-22-30-24-25(32(22)15-17-12-18(8-10-21(17)33)38-39(35,36)37)19-11-16(7-9-20(19)29-26(24)28)14-31(4-2)23(34)13-27/h2,7-12,33H,3,5-6,13-15H2,1H3,(H2,28,29)(H2,35,36,37). The van der Waals surface area contributed by atoms with E-state index in [2.05, 4.69) is 33.9 Å². The van der Waals surface area contributed by atoms with Gasteiger partial charge < -0.3 is 19.9 Å². The monoisotopic (exact) mass is 615 g/mol. The molecule has 2 aromatic carbocycles. The summed E-state index contributed by atoms with van der Waals surface area (Å²) in [6, 6.07) is 11.9. The van der Waals surface area contributed by atoms with Gasteiger partial charge in [-0.1, -0.05) is 41.8 Å². The molecule has 0 atom stereocenters. The highest BCUT2D eigenvalue weighted by molar-refractivity contribution is 9.09. The van der Waals surface area contributed by atoms with Crippen LogP contribution in [0.5, 0.6) is 11.5 Å². The van der Waals surface area contributed by atoms with Crippen LogP contribution in [0.15, 0.2) is 36.4 Å². The Labute approximate surface area is 233 Å². The first-order chi connectivity index (χ1) is 18.5. The second-order valence-corrected chi connectivity index (χ2v) is 10.6. The molecule has 0 spiro atoms. The van der Waals surface area contributed by atoms with Crippen LogP contribution in [0.25, 0.3) is 21.9 Å². The maximum atomic E-state index is 12.2. The predicted octanol–water partition coefficient (Wildman–Crippen LogP) is 4.05. The van der Waals surface area contributed by atoms with Crippen molar-refractivity contribution in [3.8, 4) is 24.0 Å². The number of unbranched alkanes of at least 4 members (excludes halogenated alkanes) is 1. The number of amides is 1. The van der Waals surface area contributed by atoms with Crippen LogP contribution in [0, 0.1) is 12.5 Å². The van der Waals surface area contributed by atoms with Gasteiger partial charge in [-0.15, -0.1) is 0 Å². The van der Waals surface area contributed by atoms with E-state index in [0.717, 1.165) is 23.8 Å². The van der Waals surface area contributed by atoms with E-state index in [1.165, 1.54) is 23.1 Å². The van der Waals surface area contributed by atoms with E-state index >= 15 is 0 Å². The number of carbonyl (C=O) groups is 1. The third-order valence-electron chi connectivity index (χ3n) is 6.12. The molecule has 0 saturated carbocycles. The Hall–Kier alpha value is -3.62. The number of phosphoric ester groups is 1. The zero-order valence-electron chi connectivity index (χ0n) is 21.0. The summed E-state index contributed by atoms with van der Waals surface area (Å²) in [6.07, 6.45) is 7.94. The minimum Gasteiger partial charge on any atom is -0.508 e. The number of nitrogens with two attached hydrogens (primary N) is 1. The van der Waals surface area contributed by atoms with Crippen LogP contribution in [-0.4, -0.2) is 45.6 Å². The van der Waals surface area contributed by atoms with Gasteiger partial charge in [0.2, 0.25) is 5.91 Å². The first-order valence-corrected chi connectivity index (χ1v) is 14.7. The van der Waals surface area contributed by atoms with Gasteiger partial charge >= 0.3 is 7.82 Å². The molecular weight excluding hydrogens is 589 g/mol. The lowest BCUT2D eigenvalue weighted by molar-refractivity contribution is -0.125. The van der Waals surface area contributed by atoms with Crippen molar-refractivity contribution < 1.29 is 28.8 Å². The molecule has 2 heterocycles. The average molecular weight is 616 g/mol. The average Bonchev–Trinajstić information content (AvgIpc) is 3.25. The molecule has 5 N–H and O–H groups in total. The molecule has 0 aliphatic rings. The smallest absolute Gasteiger partial charge is 0.508 e. The number of hydrogen-bond donors (Lipinski definition) is 4. The number of fused-ring (bicyclic) bond motifs is 3. The maximum Gasteiger partial charge on any atom is 0.524 e. The fourth-order valence-corrected chi connectivity index (χ4v) is 5.00. The van der Waals surface area contributed by atoms with Crippen LogP contribution in [0.1, 0.15) is 36.7 Å². The summed E-state index contributed by atoms with van der Waals surface area (Å²) < 4.78 is 18.0. The van der Waals surface area contributed by atoms with E-state index in [-0.39, 0.29) is 41.6 Å². The van der Waals surface area contributed by atoms with Gasteiger partial charge in [0.05, 0.1) is 29.5 Å². The first kappa shape index (κ1) is 28.4. The Morgan fingerprint density at radius 2 is 2.03 bits per heavy atom. The Balaban J connectivity index is 1.90. The van der Waals surface area contributed by atoms with Crippen molar-refractivity contribution in [1.82, 2.24) is 19.4 Å². The van der Waals surface area contributed by atoms with Crippen molar-refractivity contribution in [2.45, 2.75) is 39.3 Å². The Bertz CT molecular complexity index is 1640. The number of aromatic hydroxyl groups is 1. The lowest BCUT2D eigenvalue weighted by Crippen LogP contribution is -2.26. The number of nitrogens with zero attached hydrogens (tertiary/aromatic N) is 4. The molecule has 4 aromatic rings. The lowest BCUT2D eigenvalue weighted by atomic mass is 10.1. The van der Waals surface area contributed by atoms with E-state index in [9.17, 15) is 24.3 Å². The summed E-state index contributed by atoms with van der Waals surface area (Å²) in [5, 5.41) is 11.4. The number of hydrogen-bond acceptors (Lipinski definition) is 7. The third kappa shape index (κ3) is 6.34. The van der Waals surface area contributed by atoms with Gasteiger partial charge in [0.1, 0.15) is 22.8 Å². The Morgan fingerprint density at radius 1 is 1.26 bits per heavy atom. The number of terminal acetylenes is 1. The molecule has 0 aliphatic carbocycles. The number of nitrogen functional groups attached to an aromatic ring is 1. The molecule has 1 amide bonds. The van der Waals surface area contributed by atoms with E-state index in [0.29, 0.717) is 34.4 Å². The highest BCUT2D eigenvalue weighted by Gasteiger charge is 2.21. The minimum absolute atomic E-state index is 0.0821. The number of aromatic nitrogens is 3. The number of carbonyl (C=O) groups excluding carboxylic acids is 1. The van der Waals surface area contributed by atoms with Crippen LogP contribution in [0.2, 0.25) is 0 Å². The molecular formula is C26H27BrN5O6P. The van der Waals surface area contributed by atoms with Gasteiger partial charge in [0.25, 0.3) is 0 Å². The quantitative estimate of drug-likeness (QED) is 0.0891. The molecule has 11 nitrogen and oxygen atoms in total. The number of phosphoric acid groups is 1.